The van der Waals surface area contributed by atoms with Gasteiger partial charge in [-0.25, -0.2) is 0 Å². The van der Waals surface area contributed by atoms with Gasteiger partial charge in [-0.1, -0.05) is 0 Å². The van der Waals surface area contributed by atoms with Crippen molar-refractivity contribution in [3.05, 3.63) is 17.4 Å². The molecule has 0 saturated heterocycles. The van der Waals surface area contributed by atoms with Gasteiger partial charge in [0.2, 0.25) is 11.6 Å². The van der Waals surface area contributed by atoms with Gasteiger partial charge >= 0.3 is 0 Å². The number of methoxy groups -OCH3 is 2. The van der Waals surface area contributed by atoms with Gasteiger partial charge in [0.1, 0.15) is 0 Å². The molecule has 1 aromatic rings. The number of phenolic OH excluding ortho intramolecular Hbond substituents is 1. The van der Waals surface area contributed by atoms with Gasteiger partial charge in [-0.3, -0.25) is 0 Å². The molecule has 0 spiro atoms. The van der Waals surface area contributed by atoms with Gasteiger partial charge in [0.25, 0.3) is 0 Å². The van der Waals surface area contributed by atoms with Crippen molar-refractivity contribution in [3.8, 4) is 17.2 Å². The summed E-state index contributed by atoms with van der Waals surface area (Å²) in [5, 5.41) is 9.34. The topological polar surface area (TPSA) is 64.7 Å². The molecular weight excluding hydrogens is 189 g/mol. The van der Waals surface area contributed by atoms with E-state index in [1.165, 1.54) is 20.3 Å². The Morgan fingerprint density at radius 2 is 2.07 bits per heavy atom. The highest BCUT2D eigenvalue weighted by molar-refractivity contribution is 5.51. The largest absolute Gasteiger partial charge is 0.504 e. The van der Waals surface area contributed by atoms with Crippen molar-refractivity contribution in [2.75, 3.05) is 14.2 Å². The summed E-state index contributed by atoms with van der Waals surface area (Å²) in [6.07, 6.45) is 0. The van der Waals surface area contributed by atoms with Crippen LogP contribution in [0, 0.1) is 5.82 Å². The van der Waals surface area contributed by atoms with Crippen LogP contribution in [0.2, 0.25) is 0 Å². The number of nitrogens with two attached hydrogens (primary N) is 1. The molecular formula is C9H12FNO3. The second-order valence-electron chi connectivity index (χ2n) is 2.64. The van der Waals surface area contributed by atoms with E-state index < -0.39 is 11.6 Å². The van der Waals surface area contributed by atoms with Crippen molar-refractivity contribution >= 4 is 0 Å². The maximum absolute atomic E-state index is 13.4. The summed E-state index contributed by atoms with van der Waals surface area (Å²) in [5.74, 6) is -1.26. The fourth-order valence-electron chi connectivity index (χ4n) is 1.15. The molecule has 3 N–H and O–H groups in total. The Balaban J connectivity index is 3.38. The summed E-state index contributed by atoms with van der Waals surface area (Å²) in [4.78, 5) is 0. The quantitative estimate of drug-likeness (QED) is 0.765. The predicted molar refractivity (Wildman–Crippen MR) is 49.1 cm³/mol. The number of aromatic hydroxyl groups is 1. The van der Waals surface area contributed by atoms with Crippen LogP contribution in [0.5, 0.6) is 17.2 Å². The molecule has 0 aromatic heterocycles. The first-order chi connectivity index (χ1) is 6.65. The third-order valence-electron chi connectivity index (χ3n) is 1.88. The Hall–Kier alpha value is -1.49. The van der Waals surface area contributed by atoms with E-state index >= 15 is 0 Å². The van der Waals surface area contributed by atoms with Crippen LogP contribution in [-0.4, -0.2) is 19.3 Å². The standard InChI is InChI=1S/C9H12FNO3/c1-13-6-3-5(4-11)8(12)7(10)9(6)14-2/h3,12H,4,11H2,1-2H3. The smallest absolute Gasteiger partial charge is 0.210 e. The molecule has 0 atom stereocenters. The number of phenols is 1. The Morgan fingerprint density at radius 1 is 1.43 bits per heavy atom. The molecule has 4 nitrogen and oxygen atoms in total. The van der Waals surface area contributed by atoms with E-state index in [9.17, 15) is 9.50 Å². The first-order valence-corrected chi connectivity index (χ1v) is 3.98. The monoisotopic (exact) mass is 201 g/mol. The van der Waals surface area contributed by atoms with Crippen LogP contribution >= 0.6 is 0 Å². The maximum atomic E-state index is 13.4. The molecule has 0 heterocycles. The lowest BCUT2D eigenvalue weighted by Crippen LogP contribution is -2.01. The second kappa shape index (κ2) is 4.15. The van der Waals surface area contributed by atoms with Crippen molar-refractivity contribution in [3.63, 3.8) is 0 Å². The van der Waals surface area contributed by atoms with Crippen LogP contribution in [0.25, 0.3) is 0 Å². The molecule has 0 aliphatic heterocycles. The van der Waals surface area contributed by atoms with Crippen molar-refractivity contribution < 1.29 is 19.0 Å². The fourth-order valence-corrected chi connectivity index (χ4v) is 1.15. The summed E-state index contributed by atoms with van der Waals surface area (Å²) in [5.41, 5.74) is 5.59. The lowest BCUT2D eigenvalue weighted by atomic mass is 10.1. The highest BCUT2D eigenvalue weighted by atomic mass is 19.1. The minimum Gasteiger partial charge on any atom is -0.504 e. The van der Waals surface area contributed by atoms with E-state index in [0.717, 1.165) is 0 Å². The highest BCUT2D eigenvalue weighted by Crippen LogP contribution is 2.37. The van der Waals surface area contributed by atoms with Gasteiger partial charge in [0.05, 0.1) is 14.2 Å². The molecule has 0 radical (unpaired) electrons. The molecule has 0 unspecified atom stereocenters. The minimum absolute atomic E-state index is 0.0309. The van der Waals surface area contributed by atoms with E-state index in [1.54, 1.807) is 0 Å². The van der Waals surface area contributed by atoms with Crippen LogP contribution < -0.4 is 15.2 Å². The minimum atomic E-state index is -0.854. The number of hydrogen-bond acceptors (Lipinski definition) is 4. The molecule has 0 bridgehead atoms. The normalized spacial score (nSPS) is 10.0. The molecule has 0 saturated carbocycles. The van der Waals surface area contributed by atoms with Gasteiger partial charge in [0.15, 0.2) is 11.5 Å². The third-order valence-corrected chi connectivity index (χ3v) is 1.88. The third kappa shape index (κ3) is 1.58. The van der Waals surface area contributed by atoms with E-state index in [1.807, 2.05) is 0 Å². The van der Waals surface area contributed by atoms with Crippen molar-refractivity contribution in [2.45, 2.75) is 6.54 Å². The summed E-state index contributed by atoms with van der Waals surface area (Å²) in [7, 11) is 2.68. The number of halogens is 1. The van der Waals surface area contributed by atoms with E-state index in [2.05, 4.69) is 0 Å². The predicted octanol–water partition coefficient (Wildman–Crippen LogP) is 1.01. The van der Waals surface area contributed by atoms with Crippen LogP contribution in [0.15, 0.2) is 6.07 Å². The maximum Gasteiger partial charge on any atom is 0.210 e. The molecule has 1 aromatic carbocycles. The van der Waals surface area contributed by atoms with Gasteiger partial charge in [-0.15, -0.1) is 0 Å². The number of benzene rings is 1. The fraction of sp³-hybridized carbons (Fsp3) is 0.333. The molecule has 14 heavy (non-hydrogen) atoms. The Kier molecular flexibility index (Phi) is 3.14. The Bertz CT molecular complexity index is 341. The molecule has 0 aliphatic carbocycles. The molecule has 0 aliphatic rings. The van der Waals surface area contributed by atoms with Gasteiger partial charge in [0, 0.05) is 12.1 Å². The summed E-state index contributed by atoms with van der Waals surface area (Å²) >= 11 is 0. The number of hydrogen-bond donors (Lipinski definition) is 2. The summed E-state index contributed by atoms with van der Waals surface area (Å²) in [6, 6.07) is 1.44. The lowest BCUT2D eigenvalue weighted by molar-refractivity contribution is 0.324. The average molecular weight is 201 g/mol. The summed E-state index contributed by atoms with van der Waals surface area (Å²) < 4.78 is 23.0. The van der Waals surface area contributed by atoms with Crippen molar-refractivity contribution in [1.29, 1.82) is 0 Å². The average Bonchev–Trinajstić information content (AvgIpc) is 2.21. The molecule has 78 valence electrons. The zero-order chi connectivity index (χ0) is 10.7. The second-order valence-corrected chi connectivity index (χ2v) is 2.64. The first kappa shape index (κ1) is 10.6. The molecule has 1 rings (SSSR count). The number of rotatable bonds is 3. The summed E-state index contributed by atoms with van der Waals surface area (Å²) in [6.45, 7) is 0.0309. The van der Waals surface area contributed by atoms with Gasteiger partial charge in [-0.2, -0.15) is 4.39 Å². The molecule has 5 heteroatoms. The highest BCUT2D eigenvalue weighted by Gasteiger charge is 2.18. The Morgan fingerprint density at radius 3 is 2.50 bits per heavy atom. The van der Waals surface area contributed by atoms with E-state index in [-0.39, 0.29) is 23.6 Å². The first-order valence-electron chi connectivity index (χ1n) is 3.98. The van der Waals surface area contributed by atoms with Crippen LogP contribution in [0.1, 0.15) is 5.56 Å². The molecule has 0 amide bonds. The van der Waals surface area contributed by atoms with Crippen LogP contribution in [-0.2, 0) is 6.54 Å². The SMILES string of the molecule is COc1cc(CN)c(O)c(F)c1OC. The van der Waals surface area contributed by atoms with Gasteiger partial charge < -0.3 is 20.3 Å². The number of ether oxygens (including phenoxy) is 2. The van der Waals surface area contributed by atoms with Crippen LogP contribution in [0.3, 0.4) is 0 Å². The van der Waals surface area contributed by atoms with Crippen LogP contribution in [0.4, 0.5) is 4.39 Å². The lowest BCUT2D eigenvalue weighted by Gasteiger charge is -2.11. The Labute approximate surface area is 81.1 Å². The molecule has 0 fully saturated rings. The van der Waals surface area contributed by atoms with Gasteiger partial charge in [-0.05, 0) is 6.07 Å². The van der Waals surface area contributed by atoms with E-state index in [0.29, 0.717) is 0 Å². The van der Waals surface area contributed by atoms with E-state index in [4.69, 9.17) is 15.2 Å². The van der Waals surface area contributed by atoms with Crippen molar-refractivity contribution in [1.82, 2.24) is 0 Å². The zero-order valence-electron chi connectivity index (χ0n) is 8.00. The zero-order valence-corrected chi connectivity index (χ0v) is 8.00. The van der Waals surface area contributed by atoms with Crippen molar-refractivity contribution in [2.24, 2.45) is 5.73 Å².